The fraction of sp³-hybridized carbons (Fsp3) is 0.500. The molecule has 1 aliphatic rings. The number of rotatable bonds is 9. The van der Waals surface area contributed by atoms with Crippen LogP contribution in [-0.4, -0.2) is 61.6 Å². The number of carbonyl (C=O) groups excluding carboxylic acids is 1. The van der Waals surface area contributed by atoms with E-state index in [0.717, 1.165) is 43.6 Å². The number of likely N-dealkylation sites (N-methyl/N-ethyl adjacent to an activating group) is 1. The van der Waals surface area contributed by atoms with E-state index >= 15 is 0 Å². The predicted molar refractivity (Wildman–Crippen MR) is 154 cm³/mol. The molecule has 6 nitrogen and oxygen atoms in total. The van der Waals surface area contributed by atoms with Crippen LogP contribution in [0.5, 0.6) is 0 Å². The molecule has 0 unspecified atom stereocenters. The van der Waals surface area contributed by atoms with Crippen LogP contribution in [0.4, 0.5) is 0 Å². The predicted octanol–water partition coefficient (Wildman–Crippen LogP) is 6.08. The van der Waals surface area contributed by atoms with Gasteiger partial charge in [0, 0.05) is 42.4 Å². The van der Waals surface area contributed by atoms with Gasteiger partial charge < -0.3 is 15.2 Å². The van der Waals surface area contributed by atoms with Crippen LogP contribution in [0.2, 0.25) is 0 Å². The third-order valence-electron chi connectivity index (χ3n) is 7.18. The maximum absolute atomic E-state index is 12.3. The zero-order chi connectivity index (χ0) is 26.2. The molecule has 0 saturated carbocycles. The third kappa shape index (κ3) is 6.22. The van der Waals surface area contributed by atoms with Gasteiger partial charge in [-0.05, 0) is 92.5 Å². The van der Waals surface area contributed by atoms with Crippen LogP contribution in [-0.2, 0) is 4.79 Å². The average molecular weight is 490 g/mol. The van der Waals surface area contributed by atoms with Gasteiger partial charge in [0.2, 0.25) is 5.91 Å². The van der Waals surface area contributed by atoms with Crippen molar-refractivity contribution >= 4 is 34.4 Å². The van der Waals surface area contributed by atoms with Crippen molar-refractivity contribution in [2.75, 3.05) is 33.7 Å². The van der Waals surface area contributed by atoms with E-state index in [9.17, 15) is 4.79 Å². The molecule has 1 fully saturated rings. The minimum Gasteiger partial charge on any atom is -0.354 e. The third-order valence-corrected chi connectivity index (χ3v) is 7.18. The molecule has 3 rings (SSSR count). The Bertz CT molecular complexity index is 1170. The summed E-state index contributed by atoms with van der Waals surface area (Å²) in [5.74, 6) is 1.06. The Kier molecular flexibility index (Phi) is 9.82. The van der Waals surface area contributed by atoms with Crippen LogP contribution in [0.15, 0.2) is 45.9 Å². The number of aromatic amines is 1. The fourth-order valence-corrected chi connectivity index (χ4v) is 5.25. The highest BCUT2D eigenvalue weighted by atomic mass is 16.2. The molecule has 0 radical (unpaired) electrons. The van der Waals surface area contributed by atoms with Crippen LogP contribution < -0.4 is 5.32 Å². The molecule has 1 amide bonds. The molecule has 1 saturated heterocycles. The Morgan fingerprint density at radius 1 is 1.28 bits per heavy atom. The van der Waals surface area contributed by atoms with Crippen molar-refractivity contribution in [3.05, 3.63) is 52.7 Å². The van der Waals surface area contributed by atoms with E-state index in [0.29, 0.717) is 18.4 Å². The largest absolute Gasteiger partial charge is 0.354 e. The highest BCUT2D eigenvalue weighted by molar-refractivity contribution is 6.05. The van der Waals surface area contributed by atoms with Gasteiger partial charge in [0.1, 0.15) is 6.34 Å². The van der Waals surface area contributed by atoms with Gasteiger partial charge in [-0.2, -0.15) is 0 Å². The monoisotopic (exact) mass is 489 g/mol. The number of benzene rings is 1. The van der Waals surface area contributed by atoms with Crippen LogP contribution in [0, 0.1) is 0 Å². The minimum absolute atomic E-state index is 0.198. The van der Waals surface area contributed by atoms with Crippen LogP contribution in [0.1, 0.15) is 82.5 Å². The van der Waals surface area contributed by atoms with Gasteiger partial charge in [-0.25, -0.2) is 4.99 Å². The van der Waals surface area contributed by atoms with Crippen molar-refractivity contribution in [1.29, 1.82) is 0 Å². The maximum Gasteiger partial charge on any atom is 0.236 e. The summed E-state index contributed by atoms with van der Waals surface area (Å²) in [5, 5.41) is 4.28. The number of allylic oxidation sites excluding steroid dienone is 4. The van der Waals surface area contributed by atoms with E-state index in [-0.39, 0.29) is 5.91 Å². The lowest BCUT2D eigenvalue weighted by molar-refractivity contribution is -0.131. The molecule has 2 heterocycles. The number of piperidine rings is 1. The second-order valence-corrected chi connectivity index (χ2v) is 9.93. The first-order valence-electron chi connectivity index (χ1n) is 13.2. The van der Waals surface area contributed by atoms with E-state index in [1.807, 2.05) is 11.9 Å². The van der Waals surface area contributed by atoms with E-state index < -0.39 is 0 Å². The summed E-state index contributed by atoms with van der Waals surface area (Å²) in [6.07, 6.45) is 8.92. The highest BCUT2D eigenvalue weighted by Crippen LogP contribution is 2.37. The summed E-state index contributed by atoms with van der Waals surface area (Å²) in [5.41, 5.74) is 8.47. The molecule has 1 aliphatic heterocycles. The molecule has 6 heteroatoms. The molecular formula is C30H43N5O. The van der Waals surface area contributed by atoms with Crippen LogP contribution in [0.3, 0.4) is 0 Å². The first-order valence-corrected chi connectivity index (χ1v) is 13.2. The molecule has 36 heavy (non-hydrogen) atoms. The summed E-state index contributed by atoms with van der Waals surface area (Å²) in [7, 11) is 3.57. The lowest BCUT2D eigenvalue weighted by Gasteiger charge is -2.32. The number of likely N-dealkylation sites (tertiary alicyclic amines) is 1. The van der Waals surface area contributed by atoms with Gasteiger partial charge in [0.05, 0.1) is 6.54 Å². The molecule has 0 spiro atoms. The van der Waals surface area contributed by atoms with E-state index in [1.54, 1.807) is 13.4 Å². The van der Waals surface area contributed by atoms with Crippen molar-refractivity contribution < 1.29 is 4.79 Å². The first kappa shape index (κ1) is 27.6. The van der Waals surface area contributed by atoms with Crippen molar-refractivity contribution in [2.24, 2.45) is 9.98 Å². The van der Waals surface area contributed by atoms with Gasteiger partial charge in [0.15, 0.2) is 0 Å². The maximum atomic E-state index is 12.3. The molecule has 0 bridgehead atoms. The van der Waals surface area contributed by atoms with E-state index in [4.69, 9.17) is 0 Å². The molecule has 2 aromatic rings. The standard InChI is InChI=1S/C30H43N5O/c1-8-22(16-21(5)26(9-2)33-19-32-7)30-29(20(3)4)25-17-24(10-11-27(25)34-30)23-12-14-35(15-13-23)28(36)18-31-6/h8,10-11,16-17,19-20,23,31,34H,9,12-15,18H2,1-7H3/b21-16-,22-8+,32-19?,33-26?. The number of aromatic nitrogens is 1. The van der Waals surface area contributed by atoms with Crippen molar-refractivity contribution in [3.63, 3.8) is 0 Å². The van der Waals surface area contributed by atoms with E-state index in [1.165, 1.54) is 33.3 Å². The van der Waals surface area contributed by atoms with Crippen molar-refractivity contribution in [1.82, 2.24) is 15.2 Å². The van der Waals surface area contributed by atoms with Gasteiger partial charge in [0.25, 0.3) is 0 Å². The average Bonchev–Trinajstić information content (AvgIpc) is 3.26. The molecule has 1 aromatic heterocycles. The van der Waals surface area contributed by atoms with Gasteiger partial charge in [-0.3, -0.25) is 9.79 Å². The Labute approximate surface area is 216 Å². The second-order valence-electron chi connectivity index (χ2n) is 9.93. The Morgan fingerprint density at radius 3 is 2.58 bits per heavy atom. The molecule has 0 atom stereocenters. The minimum atomic E-state index is 0.198. The number of hydrogen-bond acceptors (Lipinski definition) is 3. The van der Waals surface area contributed by atoms with Crippen molar-refractivity contribution in [3.8, 4) is 0 Å². The Morgan fingerprint density at radius 2 is 2.00 bits per heavy atom. The first-order chi connectivity index (χ1) is 17.3. The smallest absolute Gasteiger partial charge is 0.236 e. The quantitative estimate of drug-likeness (QED) is 0.255. The van der Waals surface area contributed by atoms with Crippen LogP contribution in [0.25, 0.3) is 16.5 Å². The molecule has 1 aromatic carbocycles. The summed E-state index contributed by atoms with van der Waals surface area (Å²) in [6, 6.07) is 6.89. The fourth-order valence-electron chi connectivity index (χ4n) is 5.25. The number of carbonyl (C=O) groups is 1. The normalized spacial score (nSPS) is 16.7. The Balaban J connectivity index is 1.95. The Hall–Kier alpha value is -2.99. The number of hydrogen-bond donors (Lipinski definition) is 2. The molecule has 0 aliphatic carbocycles. The summed E-state index contributed by atoms with van der Waals surface area (Å²) in [4.78, 5) is 26.5. The zero-order valence-electron chi connectivity index (χ0n) is 23.1. The number of aliphatic imine (C=N–C) groups is 2. The SMILES string of the molecule is C/C=C(\C=C(\C)C(CC)=NC=NC)c1[nH]c2ccc(C3CCN(C(=O)CNC)CC3)cc2c1C(C)C. The molecule has 194 valence electrons. The zero-order valence-corrected chi connectivity index (χ0v) is 23.1. The summed E-state index contributed by atoms with van der Waals surface area (Å²) in [6.45, 7) is 13.0. The van der Waals surface area contributed by atoms with Crippen LogP contribution >= 0.6 is 0 Å². The number of nitrogens with zero attached hydrogens (tertiary/aromatic N) is 3. The lowest BCUT2D eigenvalue weighted by Crippen LogP contribution is -2.41. The van der Waals surface area contributed by atoms with Gasteiger partial charge in [-0.1, -0.05) is 32.9 Å². The number of amides is 1. The highest BCUT2D eigenvalue weighted by Gasteiger charge is 2.25. The topological polar surface area (TPSA) is 72.8 Å². The summed E-state index contributed by atoms with van der Waals surface area (Å²) >= 11 is 0. The lowest BCUT2D eigenvalue weighted by atomic mass is 9.87. The number of nitrogens with one attached hydrogen (secondary N) is 2. The second kappa shape index (κ2) is 12.8. The number of fused-ring (bicyclic) bond motifs is 1. The van der Waals surface area contributed by atoms with Gasteiger partial charge in [-0.15, -0.1) is 0 Å². The van der Waals surface area contributed by atoms with E-state index in [2.05, 4.69) is 85.3 Å². The van der Waals surface area contributed by atoms with Crippen molar-refractivity contribution in [2.45, 2.75) is 65.7 Å². The molecular weight excluding hydrogens is 446 g/mol. The summed E-state index contributed by atoms with van der Waals surface area (Å²) < 4.78 is 0. The van der Waals surface area contributed by atoms with Gasteiger partial charge >= 0.3 is 0 Å². The molecule has 2 N–H and O–H groups in total. The number of H-pyrrole nitrogens is 1.